The summed E-state index contributed by atoms with van der Waals surface area (Å²) in [6.07, 6.45) is 0. The van der Waals surface area contributed by atoms with Gasteiger partial charge in [0.15, 0.2) is 0 Å². The third kappa shape index (κ3) is 3.75. The smallest absolute Gasteiger partial charge is 0.144 e. The SMILES string of the molecule is COc1ccc(Oc2cc(C)c(-c3cc(F)c(C#N)c(F)c3)c(C)c2)cc1. The van der Waals surface area contributed by atoms with Crippen LogP contribution in [0.1, 0.15) is 16.7 Å². The highest BCUT2D eigenvalue weighted by Gasteiger charge is 2.15. The van der Waals surface area contributed by atoms with Crippen molar-refractivity contribution in [2.75, 3.05) is 7.11 Å². The first kappa shape index (κ1) is 18.4. The zero-order valence-electron chi connectivity index (χ0n) is 15.1. The van der Waals surface area contributed by atoms with Gasteiger partial charge in [-0.1, -0.05) is 0 Å². The van der Waals surface area contributed by atoms with Gasteiger partial charge in [0.25, 0.3) is 0 Å². The summed E-state index contributed by atoms with van der Waals surface area (Å²) in [5, 5.41) is 8.83. The normalized spacial score (nSPS) is 10.4. The average molecular weight is 365 g/mol. The third-order valence-corrected chi connectivity index (χ3v) is 4.24. The van der Waals surface area contributed by atoms with Crippen LogP contribution in [0.15, 0.2) is 48.5 Å². The number of ether oxygens (including phenoxy) is 2. The van der Waals surface area contributed by atoms with Crippen molar-refractivity contribution in [3.8, 4) is 34.4 Å². The van der Waals surface area contributed by atoms with Gasteiger partial charge in [0, 0.05) is 0 Å². The van der Waals surface area contributed by atoms with E-state index in [9.17, 15) is 8.78 Å². The lowest BCUT2D eigenvalue weighted by atomic mass is 9.94. The van der Waals surface area contributed by atoms with E-state index in [1.807, 2.05) is 13.8 Å². The van der Waals surface area contributed by atoms with Crippen LogP contribution in [0.2, 0.25) is 0 Å². The van der Waals surface area contributed by atoms with Gasteiger partial charge in [0.05, 0.1) is 7.11 Å². The van der Waals surface area contributed by atoms with E-state index >= 15 is 0 Å². The largest absolute Gasteiger partial charge is 0.497 e. The Labute approximate surface area is 156 Å². The van der Waals surface area contributed by atoms with Crippen LogP contribution in [0.25, 0.3) is 11.1 Å². The van der Waals surface area contributed by atoms with Crippen molar-refractivity contribution in [3.05, 3.63) is 76.9 Å². The quantitative estimate of drug-likeness (QED) is 0.576. The molecule has 136 valence electrons. The molecule has 0 aliphatic heterocycles. The molecule has 0 saturated carbocycles. The minimum atomic E-state index is -0.871. The minimum absolute atomic E-state index is 0.384. The lowest BCUT2D eigenvalue weighted by Gasteiger charge is -2.14. The van der Waals surface area contributed by atoms with Crippen LogP contribution < -0.4 is 9.47 Å². The highest BCUT2D eigenvalue weighted by molar-refractivity contribution is 5.72. The van der Waals surface area contributed by atoms with Crippen LogP contribution in [-0.4, -0.2) is 7.11 Å². The molecule has 0 aliphatic rings. The Morgan fingerprint density at radius 3 is 1.81 bits per heavy atom. The molecular weight excluding hydrogens is 348 g/mol. The first-order valence-electron chi connectivity index (χ1n) is 8.25. The van der Waals surface area contributed by atoms with Gasteiger partial charge in [-0.15, -0.1) is 0 Å². The molecule has 0 heterocycles. The molecule has 0 radical (unpaired) electrons. The monoisotopic (exact) mass is 365 g/mol. The molecule has 3 aromatic carbocycles. The van der Waals surface area contributed by atoms with E-state index in [1.165, 1.54) is 18.2 Å². The average Bonchev–Trinajstić information content (AvgIpc) is 2.61. The second-order valence-electron chi connectivity index (χ2n) is 6.14. The standard InChI is InChI=1S/C22H17F2NO2/c1-13-8-18(27-17-6-4-16(26-3)5-7-17)9-14(2)22(13)15-10-20(23)19(12-25)21(24)11-15/h4-11H,1-3H3. The van der Waals surface area contributed by atoms with Crippen molar-refractivity contribution in [2.24, 2.45) is 0 Å². The zero-order chi connectivity index (χ0) is 19.6. The molecule has 0 atom stereocenters. The first-order chi connectivity index (χ1) is 12.9. The Bertz CT molecular complexity index is 991. The molecule has 0 N–H and O–H groups in total. The van der Waals surface area contributed by atoms with E-state index in [0.717, 1.165) is 16.9 Å². The molecule has 5 heteroatoms. The summed E-state index contributed by atoms with van der Waals surface area (Å²) in [5.41, 5.74) is 2.13. The number of benzene rings is 3. The van der Waals surface area contributed by atoms with Crippen molar-refractivity contribution in [1.82, 2.24) is 0 Å². The van der Waals surface area contributed by atoms with Gasteiger partial charge >= 0.3 is 0 Å². The van der Waals surface area contributed by atoms with Crippen LogP contribution in [0.3, 0.4) is 0 Å². The second kappa shape index (κ2) is 7.46. The zero-order valence-corrected chi connectivity index (χ0v) is 15.1. The number of methoxy groups -OCH3 is 1. The molecular formula is C22H17F2NO2. The molecule has 0 saturated heterocycles. The third-order valence-electron chi connectivity index (χ3n) is 4.24. The van der Waals surface area contributed by atoms with Gasteiger partial charge in [-0.3, -0.25) is 0 Å². The molecule has 0 amide bonds. The van der Waals surface area contributed by atoms with Crippen molar-refractivity contribution < 1.29 is 18.3 Å². The predicted octanol–water partition coefficient (Wildman–Crippen LogP) is 5.92. The molecule has 0 unspecified atom stereocenters. The molecule has 0 aliphatic carbocycles. The number of rotatable bonds is 4. The van der Waals surface area contributed by atoms with Gasteiger partial charge in [-0.05, 0) is 84.6 Å². The summed E-state index contributed by atoms with van der Waals surface area (Å²) in [6.45, 7) is 3.69. The van der Waals surface area contributed by atoms with Crippen LogP contribution in [0, 0.1) is 36.8 Å². The van der Waals surface area contributed by atoms with Crippen LogP contribution in [0.5, 0.6) is 17.2 Å². The summed E-state index contributed by atoms with van der Waals surface area (Å²) in [5.74, 6) is 0.260. The molecule has 3 nitrogen and oxygen atoms in total. The second-order valence-corrected chi connectivity index (χ2v) is 6.14. The van der Waals surface area contributed by atoms with E-state index in [-0.39, 0.29) is 0 Å². The summed E-state index contributed by atoms with van der Waals surface area (Å²) < 4.78 is 39.0. The first-order valence-corrected chi connectivity index (χ1v) is 8.25. The number of hydrogen-bond acceptors (Lipinski definition) is 3. The number of halogens is 2. The fourth-order valence-electron chi connectivity index (χ4n) is 3.04. The van der Waals surface area contributed by atoms with E-state index in [0.29, 0.717) is 22.6 Å². The Kier molecular flexibility index (Phi) is 5.09. The predicted molar refractivity (Wildman–Crippen MR) is 99.1 cm³/mol. The van der Waals surface area contributed by atoms with Crippen molar-refractivity contribution in [3.63, 3.8) is 0 Å². The molecule has 27 heavy (non-hydrogen) atoms. The van der Waals surface area contributed by atoms with E-state index < -0.39 is 17.2 Å². The van der Waals surface area contributed by atoms with Gasteiger partial charge in [0.1, 0.15) is 40.5 Å². The molecule has 0 bridgehead atoms. The van der Waals surface area contributed by atoms with E-state index in [4.69, 9.17) is 14.7 Å². The van der Waals surface area contributed by atoms with E-state index in [2.05, 4.69) is 0 Å². The highest BCUT2D eigenvalue weighted by Crippen LogP contribution is 2.34. The maximum Gasteiger partial charge on any atom is 0.144 e. The van der Waals surface area contributed by atoms with Crippen molar-refractivity contribution in [1.29, 1.82) is 5.26 Å². The topological polar surface area (TPSA) is 42.2 Å². The van der Waals surface area contributed by atoms with Gasteiger partial charge in [-0.2, -0.15) is 5.26 Å². The highest BCUT2D eigenvalue weighted by atomic mass is 19.1. The van der Waals surface area contributed by atoms with Crippen LogP contribution >= 0.6 is 0 Å². The Balaban J connectivity index is 1.97. The molecule has 0 fully saturated rings. The van der Waals surface area contributed by atoms with Gasteiger partial charge < -0.3 is 9.47 Å². The van der Waals surface area contributed by atoms with Crippen LogP contribution in [-0.2, 0) is 0 Å². The Hall–Kier alpha value is -3.39. The number of nitriles is 1. The minimum Gasteiger partial charge on any atom is -0.497 e. The van der Waals surface area contributed by atoms with Crippen molar-refractivity contribution in [2.45, 2.75) is 13.8 Å². The summed E-state index contributed by atoms with van der Waals surface area (Å²) in [6, 6.07) is 14.7. The van der Waals surface area contributed by atoms with Gasteiger partial charge in [-0.25, -0.2) is 8.78 Å². The summed E-state index contributed by atoms with van der Waals surface area (Å²) in [7, 11) is 1.59. The fourth-order valence-corrected chi connectivity index (χ4v) is 3.04. The Morgan fingerprint density at radius 2 is 1.33 bits per heavy atom. The molecule has 0 aromatic heterocycles. The lowest BCUT2D eigenvalue weighted by Crippen LogP contribution is -1.96. The molecule has 3 aromatic rings. The Morgan fingerprint density at radius 1 is 0.815 bits per heavy atom. The van der Waals surface area contributed by atoms with E-state index in [1.54, 1.807) is 43.5 Å². The summed E-state index contributed by atoms with van der Waals surface area (Å²) >= 11 is 0. The maximum atomic E-state index is 14.0. The molecule has 0 spiro atoms. The molecule has 3 rings (SSSR count). The van der Waals surface area contributed by atoms with Crippen LogP contribution in [0.4, 0.5) is 8.78 Å². The van der Waals surface area contributed by atoms with Gasteiger partial charge in [0.2, 0.25) is 0 Å². The lowest BCUT2D eigenvalue weighted by molar-refractivity contribution is 0.413. The summed E-state index contributed by atoms with van der Waals surface area (Å²) in [4.78, 5) is 0. The van der Waals surface area contributed by atoms with Crippen molar-refractivity contribution >= 4 is 0 Å². The number of aryl methyl sites for hydroxylation is 2. The number of hydrogen-bond donors (Lipinski definition) is 0. The maximum absolute atomic E-state index is 14.0. The number of nitrogens with zero attached hydrogens (tertiary/aromatic N) is 1. The fraction of sp³-hybridized carbons (Fsp3) is 0.136.